The molecule has 0 saturated carbocycles. The Morgan fingerprint density at radius 2 is 1.74 bits per heavy atom. The van der Waals surface area contributed by atoms with E-state index in [2.05, 4.69) is 10.2 Å². The van der Waals surface area contributed by atoms with Crippen molar-refractivity contribution in [3.8, 4) is 34.3 Å². The lowest BCUT2D eigenvalue weighted by Gasteiger charge is -2.14. The third-order valence-electron chi connectivity index (χ3n) is 4.42. The van der Waals surface area contributed by atoms with Gasteiger partial charge in [-0.15, -0.1) is 0 Å². The second kappa shape index (κ2) is 6.77. The van der Waals surface area contributed by atoms with Crippen molar-refractivity contribution in [2.75, 3.05) is 14.2 Å². The molecule has 0 aliphatic rings. The van der Waals surface area contributed by atoms with E-state index >= 15 is 0 Å². The number of methoxy groups -OCH3 is 2. The number of H-pyrrole nitrogens is 1. The molecule has 1 aromatic heterocycles. The van der Waals surface area contributed by atoms with Crippen molar-refractivity contribution in [2.45, 2.75) is 0 Å². The minimum atomic E-state index is -0.0102. The predicted octanol–water partition coefficient (Wildman–Crippen LogP) is 4.47. The zero-order chi connectivity index (χ0) is 19.0. The highest BCUT2D eigenvalue weighted by Crippen LogP contribution is 2.39. The maximum Gasteiger partial charge on any atom is 0.200 e. The van der Waals surface area contributed by atoms with E-state index in [0.717, 1.165) is 16.5 Å². The molecule has 136 valence electrons. The number of phenolic OH excluding ortho intramolecular Hbond substituents is 1. The van der Waals surface area contributed by atoms with Gasteiger partial charge >= 0.3 is 0 Å². The van der Waals surface area contributed by atoms with Gasteiger partial charge in [-0.05, 0) is 29.7 Å². The highest BCUT2D eigenvalue weighted by Gasteiger charge is 2.19. The van der Waals surface area contributed by atoms with E-state index in [-0.39, 0.29) is 5.75 Å². The number of ether oxygens (including phenoxy) is 2. The van der Waals surface area contributed by atoms with E-state index in [1.807, 2.05) is 47.0 Å². The molecule has 7 heteroatoms. The number of hydrogen-bond acceptors (Lipinski definition) is 5. The topological polar surface area (TPSA) is 72.3 Å². The molecular weight excluding hydrogens is 362 g/mol. The van der Waals surface area contributed by atoms with E-state index < -0.39 is 0 Å². The first-order valence-electron chi connectivity index (χ1n) is 8.25. The largest absolute Gasteiger partial charge is 0.504 e. The normalized spacial score (nSPS) is 10.9. The summed E-state index contributed by atoms with van der Waals surface area (Å²) < 4.78 is 13.0. The second-order valence-corrected chi connectivity index (χ2v) is 6.30. The Morgan fingerprint density at radius 3 is 2.52 bits per heavy atom. The SMILES string of the molecule is COc1cc(-c2n[nH]c(=S)n2-c2cccc3ccccc23)c(OC)cc1O. The quantitative estimate of drug-likeness (QED) is 0.512. The average Bonchev–Trinajstić information content (AvgIpc) is 3.08. The molecule has 0 aliphatic heterocycles. The van der Waals surface area contributed by atoms with Crippen LogP contribution in [0.2, 0.25) is 0 Å². The molecule has 0 radical (unpaired) electrons. The van der Waals surface area contributed by atoms with Gasteiger partial charge in [0.25, 0.3) is 0 Å². The van der Waals surface area contributed by atoms with Gasteiger partial charge in [0.15, 0.2) is 22.1 Å². The molecule has 0 amide bonds. The van der Waals surface area contributed by atoms with Crippen molar-refractivity contribution in [2.24, 2.45) is 0 Å². The van der Waals surface area contributed by atoms with Gasteiger partial charge in [0.05, 0.1) is 25.5 Å². The minimum absolute atomic E-state index is 0.0102. The summed E-state index contributed by atoms with van der Waals surface area (Å²) in [6.45, 7) is 0. The molecule has 0 spiro atoms. The van der Waals surface area contributed by atoms with Crippen LogP contribution in [0.25, 0.3) is 27.8 Å². The lowest BCUT2D eigenvalue weighted by atomic mass is 10.1. The summed E-state index contributed by atoms with van der Waals surface area (Å²) in [7, 11) is 3.03. The van der Waals surface area contributed by atoms with E-state index in [1.165, 1.54) is 20.3 Å². The molecule has 4 aromatic rings. The zero-order valence-corrected chi connectivity index (χ0v) is 15.6. The van der Waals surface area contributed by atoms with Crippen LogP contribution in [0.4, 0.5) is 0 Å². The minimum Gasteiger partial charge on any atom is -0.504 e. The van der Waals surface area contributed by atoms with Gasteiger partial charge in [-0.1, -0.05) is 36.4 Å². The molecule has 0 bridgehead atoms. The van der Waals surface area contributed by atoms with Crippen LogP contribution < -0.4 is 9.47 Å². The molecule has 0 atom stereocenters. The summed E-state index contributed by atoms with van der Waals surface area (Å²) >= 11 is 5.51. The Hall–Kier alpha value is -3.32. The lowest BCUT2D eigenvalue weighted by Crippen LogP contribution is -2.01. The number of fused-ring (bicyclic) bond motifs is 1. The van der Waals surface area contributed by atoms with Crippen molar-refractivity contribution >= 4 is 23.0 Å². The summed E-state index contributed by atoms with van der Waals surface area (Å²) in [5, 5.41) is 19.5. The van der Waals surface area contributed by atoms with Gasteiger partial charge in [-0.25, -0.2) is 0 Å². The van der Waals surface area contributed by atoms with Crippen molar-refractivity contribution < 1.29 is 14.6 Å². The first-order chi connectivity index (χ1) is 13.1. The Bertz CT molecular complexity index is 1190. The zero-order valence-electron chi connectivity index (χ0n) is 14.8. The predicted molar refractivity (Wildman–Crippen MR) is 106 cm³/mol. The third-order valence-corrected chi connectivity index (χ3v) is 4.70. The first kappa shape index (κ1) is 17.1. The van der Waals surface area contributed by atoms with E-state index in [1.54, 1.807) is 6.07 Å². The molecule has 0 aliphatic carbocycles. The Kier molecular flexibility index (Phi) is 4.29. The summed E-state index contributed by atoms with van der Waals surface area (Å²) in [5.41, 5.74) is 1.54. The molecule has 0 unspecified atom stereocenters. The first-order valence-corrected chi connectivity index (χ1v) is 8.65. The van der Waals surface area contributed by atoms with Crippen LogP contribution in [0.15, 0.2) is 54.6 Å². The van der Waals surface area contributed by atoms with E-state index in [4.69, 9.17) is 21.7 Å². The molecule has 3 aromatic carbocycles. The number of phenols is 1. The highest BCUT2D eigenvalue weighted by atomic mass is 32.1. The van der Waals surface area contributed by atoms with Gasteiger partial charge in [0.1, 0.15) is 5.75 Å². The standard InChI is InChI=1S/C20H17N3O3S/c1-25-17-11-16(24)18(26-2)10-14(17)19-21-22-20(27)23(19)15-9-5-7-12-6-3-4-8-13(12)15/h3-11,24H,1-2H3,(H,22,27). The van der Waals surface area contributed by atoms with Crippen LogP contribution in [0, 0.1) is 4.77 Å². The van der Waals surface area contributed by atoms with Crippen LogP contribution in [0.1, 0.15) is 0 Å². The lowest BCUT2D eigenvalue weighted by molar-refractivity contribution is 0.366. The van der Waals surface area contributed by atoms with E-state index in [9.17, 15) is 5.11 Å². The number of nitrogens with one attached hydrogen (secondary N) is 1. The molecule has 6 nitrogen and oxygen atoms in total. The van der Waals surface area contributed by atoms with E-state index in [0.29, 0.717) is 27.7 Å². The molecule has 1 heterocycles. The van der Waals surface area contributed by atoms with Crippen LogP contribution in [0.3, 0.4) is 0 Å². The van der Waals surface area contributed by atoms with Crippen LogP contribution in [0.5, 0.6) is 17.2 Å². The van der Waals surface area contributed by atoms with Crippen molar-refractivity contribution in [3.63, 3.8) is 0 Å². The second-order valence-electron chi connectivity index (χ2n) is 5.91. The Labute approximate surface area is 160 Å². The maximum absolute atomic E-state index is 10.1. The number of hydrogen-bond donors (Lipinski definition) is 2. The van der Waals surface area contributed by atoms with Gasteiger partial charge in [-0.3, -0.25) is 9.67 Å². The number of aromatic amines is 1. The number of rotatable bonds is 4. The van der Waals surface area contributed by atoms with Gasteiger partial charge in [0.2, 0.25) is 0 Å². The van der Waals surface area contributed by atoms with Gasteiger partial charge in [-0.2, -0.15) is 5.10 Å². The van der Waals surface area contributed by atoms with Gasteiger partial charge < -0.3 is 14.6 Å². The molecule has 0 saturated heterocycles. The number of nitrogens with zero attached hydrogens (tertiary/aromatic N) is 2. The number of benzene rings is 3. The van der Waals surface area contributed by atoms with Crippen molar-refractivity contribution in [1.29, 1.82) is 0 Å². The Balaban J connectivity index is 2.03. The average molecular weight is 379 g/mol. The molecular formula is C20H17N3O3S. The maximum atomic E-state index is 10.1. The summed E-state index contributed by atoms with van der Waals surface area (Å²) in [6, 6.07) is 17.3. The van der Waals surface area contributed by atoms with Gasteiger partial charge in [0, 0.05) is 11.5 Å². The van der Waals surface area contributed by atoms with Crippen LogP contribution in [-0.2, 0) is 0 Å². The number of aromatic hydroxyl groups is 1. The number of aromatic nitrogens is 3. The molecule has 0 fully saturated rings. The third kappa shape index (κ3) is 2.82. The molecule has 2 N–H and O–H groups in total. The summed E-state index contributed by atoms with van der Waals surface area (Å²) in [4.78, 5) is 0. The summed E-state index contributed by atoms with van der Waals surface area (Å²) in [6.07, 6.45) is 0. The Morgan fingerprint density at radius 1 is 1.00 bits per heavy atom. The fourth-order valence-corrected chi connectivity index (χ4v) is 3.39. The van der Waals surface area contributed by atoms with Crippen molar-refractivity contribution in [3.05, 3.63) is 59.4 Å². The molecule has 4 rings (SSSR count). The van der Waals surface area contributed by atoms with Crippen LogP contribution >= 0.6 is 12.2 Å². The summed E-state index contributed by atoms with van der Waals surface area (Å²) in [5.74, 6) is 1.34. The van der Waals surface area contributed by atoms with Crippen LogP contribution in [-0.4, -0.2) is 34.1 Å². The monoisotopic (exact) mass is 379 g/mol. The van der Waals surface area contributed by atoms with Crippen molar-refractivity contribution in [1.82, 2.24) is 14.8 Å². The highest BCUT2D eigenvalue weighted by molar-refractivity contribution is 7.71. The smallest absolute Gasteiger partial charge is 0.200 e. The fourth-order valence-electron chi connectivity index (χ4n) is 3.16. The fraction of sp³-hybridized carbons (Fsp3) is 0.100. The molecule has 27 heavy (non-hydrogen) atoms.